The number of rotatable bonds is 4. The molecule has 142 valence electrons. The van der Waals surface area contributed by atoms with E-state index in [1.54, 1.807) is 18.3 Å². The average molecular weight is 450 g/mol. The van der Waals surface area contributed by atoms with Gasteiger partial charge < -0.3 is 35.1 Å². The Morgan fingerprint density at radius 3 is 2.81 bits per heavy atom. The van der Waals surface area contributed by atoms with Gasteiger partial charge in [0.05, 0.1) is 22.5 Å². The van der Waals surface area contributed by atoms with Crippen molar-refractivity contribution in [2.24, 2.45) is 0 Å². The van der Waals surface area contributed by atoms with E-state index >= 15 is 0 Å². The number of hydrogen-bond acceptors (Lipinski definition) is 6. The van der Waals surface area contributed by atoms with Crippen LogP contribution in [-0.2, 0) is 9.53 Å². The molecule has 0 radical (unpaired) electrons. The van der Waals surface area contributed by atoms with E-state index < -0.39 is 43.2 Å². The maximum Gasteiger partial charge on any atom is 0.223 e. The highest BCUT2D eigenvalue weighted by molar-refractivity contribution is 9.10. The van der Waals surface area contributed by atoms with Gasteiger partial charge >= 0.3 is 0 Å². The molecule has 10 heteroatoms. The second-order valence-corrected chi connectivity index (χ2v) is 7.22. The molecule has 3 rings (SSSR count). The molecular weight excluding hydrogens is 432 g/mol. The Morgan fingerprint density at radius 1 is 1.42 bits per heavy atom. The summed E-state index contributed by atoms with van der Waals surface area (Å²) in [6.07, 6.45) is -3.40. The van der Waals surface area contributed by atoms with Gasteiger partial charge in [0.1, 0.15) is 30.1 Å². The molecule has 2 aromatic rings. The maximum atomic E-state index is 11.5. The van der Waals surface area contributed by atoms with E-state index in [4.69, 9.17) is 21.1 Å². The zero-order valence-electron chi connectivity index (χ0n) is 13.6. The fourth-order valence-electron chi connectivity index (χ4n) is 2.92. The van der Waals surface area contributed by atoms with Crippen molar-refractivity contribution in [3.8, 4) is 5.75 Å². The first-order valence-electron chi connectivity index (χ1n) is 7.84. The Hall–Kier alpha value is -1.36. The van der Waals surface area contributed by atoms with Gasteiger partial charge in [-0.1, -0.05) is 11.6 Å². The molecule has 0 aliphatic carbocycles. The number of aliphatic hydroxyl groups is 3. The highest BCUT2D eigenvalue weighted by Crippen LogP contribution is 2.38. The average Bonchev–Trinajstić information content (AvgIpc) is 3.01. The second-order valence-electron chi connectivity index (χ2n) is 5.99. The zero-order chi connectivity index (χ0) is 19.0. The Kier molecular flexibility index (Phi) is 5.75. The zero-order valence-corrected chi connectivity index (χ0v) is 16.0. The van der Waals surface area contributed by atoms with Crippen LogP contribution in [0.2, 0.25) is 5.02 Å². The molecule has 1 amide bonds. The first-order valence-corrected chi connectivity index (χ1v) is 9.02. The van der Waals surface area contributed by atoms with Gasteiger partial charge in [-0.15, -0.1) is 0 Å². The predicted molar refractivity (Wildman–Crippen MR) is 97.0 cm³/mol. The Morgan fingerprint density at radius 2 is 2.15 bits per heavy atom. The number of aliphatic hydroxyl groups excluding tert-OH is 3. The van der Waals surface area contributed by atoms with E-state index in [2.05, 4.69) is 26.2 Å². The topological polar surface area (TPSA) is 124 Å². The molecule has 1 aromatic heterocycles. The number of H-pyrrole nitrogens is 1. The molecule has 0 bridgehead atoms. The first-order chi connectivity index (χ1) is 12.3. The molecule has 1 saturated heterocycles. The van der Waals surface area contributed by atoms with Crippen LogP contribution in [0.1, 0.15) is 6.92 Å². The molecule has 1 fully saturated rings. The molecule has 1 aliphatic rings. The minimum atomic E-state index is -1.39. The van der Waals surface area contributed by atoms with Crippen molar-refractivity contribution in [3.63, 3.8) is 0 Å². The van der Waals surface area contributed by atoms with Gasteiger partial charge in [-0.25, -0.2) is 0 Å². The van der Waals surface area contributed by atoms with Crippen LogP contribution in [0.25, 0.3) is 10.9 Å². The van der Waals surface area contributed by atoms with Crippen LogP contribution in [0.15, 0.2) is 22.8 Å². The molecule has 0 saturated carbocycles. The van der Waals surface area contributed by atoms with Gasteiger partial charge in [0.25, 0.3) is 0 Å². The molecule has 0 spiro atoms. The highest BCUT2D eigenvalue weighted by Gasteiger charge is 2.46. The number of aromatic amines is 1. The molecule has 5 unspecified atom stereocenters. The highest BCUT2D eigenvalue weighted by atomic mass is 79.9. The van der Waals surface area contributed by atoms with Crippen LogP contribution in [0.5, 0.6) is 5.75 Å². The molecule has 26 heavy (non-hydrogen) atoms. The number of benzene rings is 1. The van der Waals surface area contributed by atoms with Crippen molar-refractivity contribution in [2.75, 3.05) is 6.61 Å². The summed E-state index contributed by atoms with van der Waals surface area (Å²) in [5, 5.41) is 33.3. The fourth-order valence-corrected chi connectivity index (χ4v) is 3.50. The van der Waals surface area contributed by atoms with Gasteiger partial charge in [-0.3, -0.25) is 4.79 Å². The predicted octanol–water partition coefficient (Wildman–Crippen LogP) is 0.906. The first kappa shape index (κ1) is 19.4. The summed E-state index contributed by atoms with van der Waals surface area (Å²) >= 11 is 9.68. The molecule has 5 atom stereocenters. The Labute approximate surface area is 162 Å². The third-order valence-electron chi connectivity index (χ3n) is 4.19. The molecule has 5 N–H and O–H groups in total. The van der Waals surface area contributed by atoms with E-state index in [9.17, 15) is 20.1 Å². The third kappa shape index (κ3) is 3.55. The maximum absolute atomic E-state index is 11.5. The van der Waals surface area contributed by atoms with Gasteiger partial charge in [0.2, 0.25) is 12.2 Å². The van der Waals surface area contributed by atoms with Crippen molar-refractivity contribution >= 4 is 44.3 Å². The number of carbonyl (C=O) groups excluding carboxylic acids is 1. The summed E-state index contributed by atoms with van der Waals surface area (Å²) in [6, 6.07) is 2.55. The van der Waals surface area contributed by atoms with E-state index in [0.29, 0.717) is 20.6 Å². The number of nitrogens with one attached hydrogen (secondary N) is 2. The van der Waals surface area contributed by atoms with Crippen molar-refractivity contribution < 1.29 is 29.6 Å². The normalized spacial score (nSPS) is 28.9. The largest absolute Gasteiger partial charge is 0.460 e. The van der Waals surface area contributed by atoms with Gasteiger partial charge in [0.15, 0.2) is 0 Å². The third-order valence-corrected chi connectivity index (χ3v) is 5.48. The van der Waals surface area contributed by atoms with Crippen molar-refractivity contribution in [3.05, 3.63) is 27.8 Å². The molecular formula is C16H18BrClN2O6. The van der Waals surface area contributed by atoms with Gasteiger partial charge in [-0.05, 0) is 28.1 Å². The summed E-state index contributed by atoms with van der Waals surface area (Å²) in [4.78, 5) is 14.5. The quantitative estimate of drug-likeness (QED) is 0.473. The SMILES string of the molecule is CC(=O)NC1C(Oc2c[nH]c3ccc(Br)c(Cl)c23)OC(CO)C(O)C1O. The lowest BCUT2D eigenvalue weighted by Gasteiger charge is -2.41. The summed E-state index contributed by atoms with van der Waals surface area (Å²) < 4.78 is 12.1. The van der Waals surface area contributed by atoms with Crippen molar-refractivity contribution in [1.82, 2.24) is 10.3 Å². The van der Waals surface area contributed by atoms with E-state index in [1.165, 1.54) is 6.92 Å². The monoisotopic (exact) mass is 448 g/mol. The molecule has 2 heterocycles. The van der Waals surface area contributed by atoms with Crippen molar-refractivity contribution in [2.45, 2.75) is 37.6 Å². The molecule has 8 nitrogen and oxygen atoms in total. The summed E-state index contributed by atoms with van der Waals surface area (Å²) in [6.45, 7) is 0.749. The molecule has 1 aromatic carbocycles. The van der Waals surface area contributed by atoms with Crippen LogP contribution in [0.4, 0.5) is 0 Å². The fraction of sp³-hybridized carbons (Fsp3) is 0.438. The van der Waals surface area contributed by atoms with Crippen LogP contribution in [0, 0.1) is 0 Å². The summed E-state index contributed by atoms with van der Waals surface area (Å²) in [7, 11) is 0. The smallest absolute Gasteiger partial charge is 0.223 e. The number of carbonyl (C=O) groups is 1. The summed E-state index contributed by atoms with van der Waals surface area (Å²) in [5.74, 6) is -0.0902. The van der Waals surface area contributed by atoms with E-state index in [1.807, 2.05) is 0 Å². The number of hydrogen-bond donors (Lipinski definition) is 5. The number of aromatic nitrogens is 1. The minimum absolute atomic E-state index is 0.340. The van der Waals surface area contributed by atoms with Crippen LogP contribution in [-0.4, -0.2) is 63.5 Å². The Bertz CT molecular complexity index is 815. The van der Waals surface area contributed by atoms with Gasteiger partial charge in [0, 0.05) is 17.6 Å². The molecule has 1 aliphatic heterocycles. The van der Waals surface area contributed by atoms with Crippen molar-refractivity contribution in [1.29, 1.82) is 0 Å². The second kappa shape index (κ2) is 7.71. The van der Waals surface area contributed by atoms with E-state index in [0.717, 1.165) is 5.52 Å². The van der Waals surface area contributed by atoms with E-state index in [-0.39, 0.29) is 0 Å². The van der Waals surface area contributed by atoms with Crippen LogP contribution >= 0.6 is 27.5 Å². The number of ether oxygens (including phenoxy) is 2. The van der Waals surface area contributed by atoms with Gasteiger partial charge in [-0.2, -0.15) is 0 Å². The Balaban J connectivity index is 1.95. The standard InChI is InChI=1S/C16H18BrClN2O6/c1-6(22)20-13-15(24)14(23)10(5-21)26-16(13)25-9-4-19-8-3-2-7(17)12(18)11(8)9/h2-4,10,13-16,19,21,23-24H,5H2,1H3,(H,20,22). The number of fused-ring (bicyclic) bond motifs is 1. The van der Waals surface area contributed by atoms with Crippen LogP contribution in [0.3, 0.4) is 0 Å². The lowest BCUT2D eigenvalue weighted by atomic mass is 9.97. The lowest BCUT2D eigenvalue weighted by Crippen LogP contribution is -2.65. The summed E-state index contributed by atoms with van der Waals surface area (Å²) in [5.41, 5.74) is 0.722. The lowest BCUT2D eigenvalue weighted by molar-refractivity contribution is -0.244. The number of amides is 1. The van der Waals surface area contributed by atoms with Crippen LogP contribution < -0.4 is 10.1 Å². The number of halogens is 2. The minimum Gasteiger partial charge on any atom is -0.460 e.